The fourth-order valence-corrected chi connectivity index (χ4v) is 4.72. The van der Waals surface area contributed by atoms with E-state index in [9.17, 15) is 9.59 Å². The summed E-state index contributed by atoms with van der Waals surface area (Å²) in [5.41, 5.74) is 0.219. The molecular weight excluding hydrogens is 400 g/mol. The van der Waals surface area contributed by atoms with Crippen LogP contribution in [0.5, 0.6) is 11.5 Å². The summed E-state index contributed by atoms with van der Waals surface area (Å²) in [4.78, 5) is 25.7. The monoisotopic (exact) mass is 418 g/mol. The maximum Gasteiger partial charge on any atom is 0.509 e. The Morgan fingerprint density at radius 3 is 2.58 bits per heavy atom. The highest BCUT2D eigenvalue weighted by molar-refractivity contribution is 6.09. The fraction of sp³-hybridized carbons (Fsp3) is 0.250. The zero-order valence-corrected chi connectivity index (χ0v) is 17.1. The van der Waals surface area contributed by atoms with Crippen LogP contribution in [0.4, 0.5) is 4.79 Å². The molecule has 0 radical (unpaired) electrons. The van der Waals surface area contributed by atoms with Gasteiger partial charge in [-0.3, -0.25) is 4.79 Å². The van der Waals surface area contributed by atoms with E-state index in [1.54, 1.807) is 12.1 Å². The normalized spacial score (nSPS) is 21.3. The van der Waals surface area contributed by atoms with E-state index in [1.165, 1.54) is 7.11 Å². The first-order valence-corrected chi connectivity index (χ1v) is 9.94. The molecule has 7 nitrogen and oxygen atoms in total. The number of carbonyl (C=O) groups is 1. The predicted molar refractivity (Wildman–Crippen MR) is 113 cm³/mol. The van der Waals surface area contributed by atoms with Gasteiger partial charge in [0.25, 0.3) is 0 Å². The van der Waals surface area contributed by atoms with Crippen molar-refractivity contribution in [2.24, 2.45) is 0 Å². The molecule has 6 rings (SSSR count). The molecule has 0 aliphatic carbocycles. The van der Waals surface area contributed by atoms with Crippen LogP contribution in [0.1, 0.15) is 25.5 Å². The van der Waals surface area contributed by atoms with Crippen molar-refractivity contribution in [1.82, 2.24) is 0 Å². The molecule has 1 aromatic heterocycles. The molecule has 0 amide bonds. The number of carbonyl (C=O) groups excluding carboxylic acids is 1. The summed E-state index contributed by atoms with van der Waals surface area (Å²) in [6, 6.07) is 13.0. The third-order valence-corrected chi connectivity index (χ3v) is 6.08. The Bertz CT molecular complexity index is 1480. The van der Waals surface area contributed by atoms with Crippen molar-refractivity contribution in [2.45, 2.75) is 31.7 Å². The van der Waals surface area contributed by atoms with Crippen LogP contribution in [0.25, 0.3) is 32.7 Å². The molecular formula is C24H18O7. The van der Waals surface area contributed by atoms with E-state index in [4.69, 9.17) is 23.4 Å². The van der Waals surface area contributed by atoms with Gasteiger partial charge >= 0.3 is 6.16 Å². The minimum absolute atomic E-state index is 0.223. The van der Waals surface area contributed by atoms with Gasteiger partial charge < -0.3 is 23.4 Å². The molecule has 31 heavy (non-hydrogen) atoms. The topological polar surface area (TPSA) is 84.2 Å². The zero-order valence-electron chi connectivity index (χ0n) is 17.1. The van der Waals surface area contributed by atoms with Gasteiger partial charge in [0.15, 0.2) is 12.2 Å². The summed E-state index contributed by atoms with van der Waals surface area (Å²) in [6.45, 7) is 3.63. The van der Waals surface area contributed by atoms with E-state index < -0.39 is 24.0 Å². The van der Waals surface area contributed by atoms with E-state index >= 15 is 0 Å². The molecule has 156 valence electrons. The molecule has 2 aliphatic rings. The molecule has 7 heteroatoms. The number of rotatable bonds is 1. The van der Waals surface area contributed by atoms with Crippen LogP contribution in [-0.2, 0) is 9.47 Å². The zero-order chi connectivity index (χ0) is 21.5. The summed E-state index contributed by atoms with van der Waals surface area (Å²) in [7, 11) is 1.47. The number of hydrogen-bond acceptors (Lipinski definition) is 7. The summed E-state index contributed by atoms with van der Waals surface area (Å²) < 4.78 is 28.8. The van der Waals surface area contributed by atoms with Crippen LogP contribution < -0.4 is 14.9 Å². The highest BCUT2D eigenvalue weighted by atomic mass is 16.8. The lowest BCUT2D eigenvalue weighted by Gasteiger charge is -2.38. The molecule has 0 unspecified atom stereocenters. The molecule has 1 fully saturated rings. The predicted octanol–water partition coefficient (Wildman–Crippen LogP) is 4.86. The Morgan fingerprint density at radius 2 is 1.77 bits per heavy atom. The quantitative estimate of drug-likeness (QED) is 0.248. The Labute approximate surface area is 176 Å². The van der Waals surface area contributed by atoms with E-state index in [0.717, 1.165) is 10.8 Å². The van der Waals surface area contributed by atoms with Crippen LogP contribution >= 0.6 is 0 Å². The van der Waals surface area contributed by atoms with Gasteiger partial charge in [0.1, 0.15) is 33.7 Å². The molecule has 0 saturated carbocycles. The Kier molecular flexibility index (Phi) is 3.44. The van der Waals surface area contributed by atoms with E-state index in [0.29, 0.717) is 27.9 Å². The van der Waals surface area contributed by atoms with E-state index in [1.807, 2.05) is 44.2 Å². The van der Waals surface area contributed by atoms with E-state index in [-0.39, 0.29) is 16.6 Å². The second-order valence-corrected chi connectivity index (χ2v) is 8.32. The van der Waals surface area contributed by atoms with Crippen LogP contribution in [0.2, 0.25) is 0 Å². The summed E-state index contributed by atoms with van der Waals surface area (Å²) >= 11 is 0. The lowest BCUT2D eigenvalue weighted by Crippen LogP contribution is -2.48. The van der Waals surface area contributed by atoms with Crippen LogP contribution in [-0.4, -0.2) is 25.0 Å². The summed E-state index contributed by atoms with van der Waals surface area (Å²) in [6.07, 6.45) is -2.21. The third-order valence-electron chi connectivity index (χ3n) is 6.08. The van der Waals surface area contributed by atoms with Crippen molar-refractivity contribution >= 4 is 38.9 Å². The first kappa shape index (κ1) is 18.1. The molecule has 3 heterocycles. The average molecular weight is 418 g/mol. The molecule has 2 atom stereocenters. The van der Waals surface area contributed by atoms with Crippen LogP contribution in [0.15, 0.2) is 51.7 Å². The maximum absolute atomic E-state index is 13.7. The number of fused-ring (bicyclic) bond motifs is 7. The van der Waals surface area contributed by atoms with Gasteiger partial charge in [-0.05, 0) is 30.7 Å². The van der Waals surface area contributed by atoms with Crippen LogP contribution in [0.3, 0.4) is 0 Å². The van der Waals surface area contributed by atoms with Gasteiger partial charge in [-0.2, -0.15) is 0 Å². The number of benzene rings is 3. The van der Waals surface area contributed by atoms with Crippen molar-refractivity contribution in [3.05, 3.63) is 58.3 Å². The maximum atomic E-state index is 13.7. The smallest absolute Gasteiger partial charge is 0.495 e. The van der Waals surface area contributed by atoms with Crippen molar-refractivity contribution in [3.63, 3.8) is 0 Å². The third kappa shape index (κ3) is 2.34. The standard InChI is InChI=1S/C24H18O7/c1-24(2)22-21(29-23(26)30-22)18-15(31-24)10-14-17(20(18)27-3)19(25)16-12-7-5-4-6-11(12)8-9-13(16)28-14/h4-10,21-22H,1-3H3/t21-,22-/m0/s1. The average Bonchev–Trinajstić information content (AvgIpc) is 3.14. The highest BCUT2D eigenvalue weighted by Crippen LogP contribution is 2.52. The van der Waals surface area contributed by atoms with Gasteiger partial charge in [-0.15, -0.1) is 0 Å². The highest BCUT2D eigenvalue weighted by Gasteiger charge is 2.54. The fourth-order valence-electron chi connectivity index (χ4n) is 4.72. The molecule has 3 aromatic carbocycles. The van der Waals surface area contributed by atoms with Gasteiger partial charge in [0, 0.05) is 6.07 Å². The molecule has 2 aliphatic heterocycles. The number of ether oxygens (including phenoxy) is 4. The van der Waals surface area contributed by atoms with Crippen molar-refractivity contribution in [1.29, 1.82) is 0 Å². The first-order chi connectivity index (χ1) is 14.9. The minimum Gasteiger partial charge on any atom is -0.495 e. The van der Waals surface area contributed by atoms with E-state index in [2.05, 4.69) is 0 Å². The van der Waals surface area contributed by atoms with Crippen LogP contribution in [0, 0.1) is 0 Å². The SMILES string of the molecule is COc1c2c(cc3oc4ccc5ccccc5c4c(=O)c13)OC(C)(C)[C@H]1OC(=O)O[C@@H]21. The van der Waals surface area contributed by atoms with Crippen molar-refractivity contribution in [3.8, 4) is 11.5 Å². The Hall–Kier alpha value is -3.74. The molecule has 0 spiro atoms. The van der Waals surface area contributed by atoms with Gasteiger partial charge in [-0.25, -0.2) is 4.79 Å². The molecule has 4 aromatic rings. The minimum atomic E-state index is -0.837. The van der Waals surface area contributed by atoms with Gasteiger partial charge in [0.05, 0.1) is 18.1 Å². The number of hydrogen-bond donors (Lipinski definition) is 0. The molecule has 0 N–H and O–H groups in total. The first-order valence-electron chi connectivity index (χ1n) is 9.94. The molecule has 0 bridgehead atoms. The van der Waals surface area contributed by atoms with Gasteiger partial charge in [0.2, 0.25) is 5.43 Å². The van der Waals surface area contributed by atoms with Gasteiger partial charge in [-0.1, -0.05) is 30.3 Å². The Balaban J connectivity index is 1.76. The molecule has 1 saturated heterocycles. The summed E-state index contributed by atoms with van der Waals surface area (Å²) in [5, 5.41) is 2.47. The Morgan fingerprint density at radius 1 is 0.968 bits per heavy atom. The second-order valence-electron chi connectivity index (χ2n) is 8.32. The summed E-state index contributed by atoms with van der Waals surface area (Å²) in [5.74, 6) is 0.692. The number of methoxy groups -OCH3 is 1. The lowest BCUT2D eigenvalue weighted by molar-refractivity contribution is -0.0510. The lowest BCUT2D eigenvalue weighted by atomic mass is 9.87. The second kappa shape index (κ2) is 5.91. The van der Waals surface area contributed by atoms with Crippen molar-refractivity contribution < 1.29 is 28.2 Å². The largest absolute Gasteiger partial charge is 0.509 e. The van der Waals surface area contributed by atoms with Crippen molar-refractivity contribution in [2.75, 3.05) is 7.11 Å².